The van der Waals surface area contributed by atoms with Crippen LogP contribution in [0, 0.1) is 0 Å². The largest absolute Gasteiger partial charge is 0.383 e. The maximum atomic E-state index is 12.7. The molecule has 1 atom stereocenters. The first-order valence-corrected chi connectivity index (χ1v) is 7.53. The highest BCUT2D eigenvalue weighted by molar-refractivity contribution is 9.10. The van der Waals surface area contributed by atoms with E-state index in [9.17, 15) is 4.79 Å². The average Bonchev–Trinajstić information content (AvgIpc) is 2.42. The molecule has 0 bridgehead atoms. The molecule has 0 aromatic carbocycles. The number of aromatic nitrogens is 1. The second-order valence-electron chi connectivity index (χ2n) is 4.48. The van der Waals surface area contributed by atoms with Crippen LogP contribution in [0.4, 0.5) is 5.82 Å². The standard InChI is InChI=1S/C14H22BrN3O2/c1-5-16-13-12(7-11(15)8-17-13)14(19)18(6-2)10(3)9-20-4/h7-8,10H,5-6,9H2,1-4H3,(H,16,17). The number of hydrogen-bond donors (Lipinski definition) is 1. The molecule has 1 N–H and O–H groups in total. The van der Waals surface area contributed by atoms with Gasteiger partial charge in [0, 0.05) is 30.9 Å². The summed E-state index contributed by atoms with van der Waals surface area (Å²) in [5, 5.41) is 3.12. The monoisotopic (exact) mass is 343 g/mol. The number of anilines is 1. The van der Waals surface area contributed by atoms with Crippen LogP contribution >= 0.6 is 15.9 Å². The van der Waals surface area contributed by atoms with Crippen LogP contribution in [-0.2, 0) is 4.74 Å². The molecule has 0 radical (unpaired) electrons. The number of ether oxygens (including phenoxy) is 1. The quantitative estimate of drug-likeness (QED) is 0.826. The molecule has 0 aliphatic carbocycles. The van der Waals surface area contributed by atoms with Gasteiger partial charge >= 0.3 is 0 Å². The van der Waals surface area contributed by atoms with Gasteiger partial charge in [-0.25, -0.2) is 4.98 Å². The van der Waals surface area contributed by atoms with Crippen LogP contribution in [0.1, 0.15) is 31.1 Å². The van der Waals surface area contributed by atoms with Crippen LogP contribution in [0.15, 0.2) is 16.7 Å². The Morgan fingerprint density at radius 2 is 2.25 bits per heavy atom. The zero-order valence-corrected chi connectivity index (χ0v) is 14.0. The number of halogens is 1. The van der Waals surface area contributed by atoms with Crippen molar-refractivity contribution in [3.63, 3.8) is 0 Å². The molecule has 1 unspecified atom stereocenters. The predicted molar refractivity (Wildman–Crippen MR) is 84.1 cm³/mol. The Morgan fingerprint density at radius 3 is 2.80 bits per heavy atom. The highest BCUT2D eigenvalue weighted by Crippen LogP contribution is 2.20. The number of amides is 1. The van der Waals surface area contributed by atoms with Crippen LogP contribution in [-0.4, -0.2) is 48.6 Å². The lowest BCUT2D eigenvalue weighted by atomic mass is 10.2. The van der Waals surface area contributed by atoms with Crippen LogP contribution < -0.4 is 5.32 Å². The topological polar surface area (TPSA) is 54.5 Å². The van der Waals surface area contributed by atoms with Gasteiger partial charge in [0.2, 0.25) is 0 Å². The minimum atomic E-state index is -0.0400. The number of methoxy groups -OCH3 is 1. The van der Waals surface area contributed by atoms with E-state index < -0.39 is 0 Å². The Balaban J connectivity index is 3.07. The fourth-order valence-electron chi connectivity index (χ4n) is 2.05. The van der Waals surface area contributed by atoms with Gasteiger partial charge in [-0.15, -0.1) is 0 Å². The molecule has 20 heavy (non-hydrogen) atoms. The second kappa shape index (κ2) is 8.21. The second-order valence-corrected chi connectivity index (χ2v) is 5.39. The summed E-state index contributed by atoms with van der Waals surface area (Å²) in [7, 11) is 1.64. The lowest BCUT2D eigenvalue weighted by molar-refractivity contribution is 0.0580. The Hall–Kier alpha value is -1.14. The highest BCUT2D eigenvalue weighted by Gasteiger charge is 2.23. The molecule has 6 heteroatoms. The lowest BCUT2D eigenvalue weighted by Crippen LogP contribution is -2.41. The summed E-state index contributed by atoms with van der Waals surface area (Å²) in [5.41, 5.74) is 0.575. The van der Waals surface area contributed by atoms with E-state index in [-0.39, 0.29) is 11.9 Å². The predicted octanol–water partition coefficient (Wildman–Crippen LogP) is 2.77. The molecule has 0 fully saturated rings. The number of nitrogens with one attached hydrogen (secondary N) is 1. The Bertz CT molecular complexity index is 454. The van der Waals surface area contributed by atoms with Crippen molar-refractivity contribution in [2.75, 3.05) is 32.1 Å². The smallest absolute Gasteiger partial charge is 0.257 e. The van der Waals surface area contributed by atoms with Crippen LogP contribution in [0.5, 0.6) is 0 Å². The van der Waals surface area contributed by atoms with Crippen molar-refractivity contribution in [2.24, 2.45) is 0 Å². The fourth-order valence-corrected chi connectivity index (χ4v) is 2.38. The number of nitrogens with zero attached hydrogens (tertiary/aromatic N) is 2. The van der Waals surface area contributed by atoms with Crippen molar-refractivity contribution >= 4 is 27.7 Å². The minimum Gasteiger partial charge on any atom is -0.383 e. The summed E-state index contributed by atoms with van der Waals surface area (Å²) in [6.45, 7) is 7.77. The molecule has 1 heterocycles. The van der Waals surface area contributed by atoms with Gasteiger partial charge < -0.3 is 15.0 Å². The molecule has 5 nitrogen and oxygen atoms in total. The maximum Gasteiger partial charge on any atom is 0.257 e. The third kappa shape index (κ3) is 4.18. The summed E-state index contributed by atoms with van der Waals surface area (Å²) < 4.78 is 5.93. The van der Waals surface area contributed by atoms with E-state index in [0.29, 0.717) is 31.1 Å². The molecule has 112 valence electrons. The number of carbonyl (C=O) groups excluding carboxylic acids is 1. The van der Waals surface area contributed by atoms with E-state index in [1.807, 2.05) is 20.8 Å². The highest BCUT2D eigenvalue weighted by atomic mass is 79.9. The van der Waals surface area contributed by atoms with Crippen molar-refractivity contribution in [1.82, 2.24) is 9.88 Å². The van der Waals surface area contributed by atoms with E-state index in [2.05, 4.69) is 26.2 Å². The lowest BCUT2D eigenvalue weighted by Gasteiger charge is -2.28. The number of rotatable bonds is 7. The van der Waals surface area contributed by atoms with Crippen molar-refractivity contribution in [3.05, 3.63) is 22.3 Å². The molecule has 1 aromatic rings. The number of carbonyl (C=O) groups is 1. The molecular formula is C14H22BrN3O2. The van der Waals surface area contributed by atoms with Crippen LogP contribution in [0.3, 0.4) is 0 Å². The zero-order valence-electron chi connectivity index (χ0n) is 12.4. The van der Waals surface area contributed by atoms with Crippen molar-refractivity contribution in [3.8, 4) is 0 Å². The first kappa shape index (κ1) is 16.9. The third-order valence-corrected chi connectivity index (χ3v) is 3.40. The third-order valence-electron chi connectivity index (χ3n) is 2.97. The van der Waals surface area contributed by atoms with Gasteiger partial charge in [0.25, 0.3) is 5.91 Å². The van der Waals surface area contributed by atoms with E-state index in [1.165, 1.54) is 0 Å². The normalized spacial score (nSPS) is 12.1. The summed E-state index contributed by atoms with van der Waals surface area (Å²) >= 11 is 3.37. The molecule has 1 amide bonds. The van der Waals surface area contributed by atoms with E-state index in [0.717, 1.165) is 4.47 Å². The summed E-state index contributed by atoms with van der Waals surface area (Å²) in [5.74, 6) is 0.575. The van der Waals surface area contributed by atoms with Gasteiger partial charge in [0.05, 0.1) is 18.2 Å². The van der Waals surface area contributed by atoms with Gasteiger partial charge in [-0.2, -0.15) is 0 Å². The maximum absolute atomic E-state index is 12.7. The van der Waals surface area contributed by atoms with Crippen LogP contribution in [0.25, 0.3) is 0 Å². The number of hydrogen-bond acceptors (Lipinski definition) is 4. The number of pyridine rings is 1. The molecule has 1 aromatic heterocycles. The van der Waals surface area contributed by atoms with E-state index in [1.54, 1.807) is 24.3 Å². The average molecular weight is 344 g/mol. The summed E-state index contributed by atoms with van der Waals surface area (Å²) in [4.78, 5) is 18.8. The minimum absolute atomic E-state index is 0.0194. The van der Waals surface area contributed by atoms with Gasteiger partial charge in [-0.3, -0.25) is 4.79 Å². The summed E-state index contributed by atoms with van der Waals surface area (Å²) in [6, 6.07) is 1.82. The SMILES string of the molecule is CCNc1ncc(Br)cc1C(=O)N(CC)C(C)COC. The first-order chi connectivity index (χ1) is 9.54. The van der Waals surface area contributed by atoms with Crippen LogP contribution in [0.2, 0.25) is 0 Å². The van der Waals surface area contributed by atoms with Gasteiger partial charge in [0.1, 0.15) is 5.82 Å². The Kier molecular flexibility index (Phi) is 6.95. The fraction of sp³-hybridized carbons (Fsp3) is 0.571. The zero-order chi connectivity index (χ0) is 15.1. The Morgan fingerprint density at radius 1 is 1.55 bits per heavy atom. The molecule has 0 aliphatic rings. The Labute approximate surface area is 128 Å². The van der Waals surface area contributed by atoms with E-state index >= 15 is 0 Å². The van der Waals surface area contributed by atoms with Gasteiger partial charge in [-0.1, -0.05) is 0 Å². The molecule has 1 rings (SSSR count). The van der Waals surface area contributed by atoms with Crippen molar-refractivity contribution < 1.29 is 9.53 Å². The molecule has 0 aliphatic heterocycles. The molecular weight excluding hydrogens is 322 g/mol. The molecule has 0 spiro atoms. The van der Waals surface area contributed by atoms with Crippen molar-refractivity contribution in [2.45, 2.75) is 26.8 Å². The summed E-state index contributed by atoms with van der Waals surface area (Å²) in [6.07, 6.45) is 1.68. The number of likely N-dealkylation sites (N-methyl/N-ethyl adjacent to an activating group) is 1. The van der Waals surface area contributed by atoms with Gasteiger partial charge in [0.15, 0.2) is 0 Å². The molecule has 0 saturated heterocycles. The first-order valence-electron chi connectivity index (χ1n) is 6.74. The molecule has 0 saturated carbocycles. The van der Waals surface area contributed by atoms with E-state index in [4.69, 9.17) is 4.74 Å². The van der Waals surface area contributed by atoms with Gasteiger partial charge in [-0.05, 0) is 42.8 Å². The van der Waals surface area contributed by atoms with Crippen molar-refractivity contribution in [1.29, 1.82) is 0 Å².